The van der Waals surface area contributed by atoms with Gasteiger partial charge in [-0.1, -0.05) is 26.3 Å². The minimum Gasteiger partial charge on any atom is -0.504 e. The topological polar surface area (TPSA) is 50.4 Å². The Hall–Kier alpha value is -1.77. The van der Waals surface area contributed by atoms with Crippen molar-refractivity contribution in [3.63, 3.8) is 0 Å². The smallest absolute Gasteiger partial charge is 0.223 e. The fourth-order valence-corrected chi connectivity index (χ4v) is 4.31. The van der Waals surface area contributed by atoms with Crippen LogP contribution in [-0.4, -0.2) is 10.9 Å². The fourth-order valence-electron chi connectivity index (χ4n) is 4.31. The normalized spacial score (nSPS) is 27.4. The van der Waals surface area contributed by atoms with E-state index in [4.69, 9.17) is 4.42 Å². The van der Waals surface area contributed by atoms with E-state index in [1.165, 1.54) is 5.57 Å². The third-order valence-electron chi connectivity index (χ3n) is 5.99. The molecule has 23 heavy (non-hydrogen) atoms. The molecule has 3 nitrogen and oxygen atoms in total. The maximum atomic E-state index is 12.7. The zero-order valence-electron chi connectivity index (χ0n) is 14.5. The molecule has 0 bridgehead atoms. The summed E-state index contributed by atoms with van der Waals surface area (Å²) in [5.74, 6) is -0.184. The van der Waals surface area contributed by atoms with Gasteiger partial charge < -0.3 is 9.52 Å². The van der Waals surface area contributed by atoms with Crippen molar-refractivity contribution in [2.75, 3.05) is 0 Å². The van der Waals surface area contributed by atoms with Crippen LogP contribution in [0.3, 0.4) is 0 Å². The van der Waals surface area contributed by atoms with Gasteiger partial charge >= 0.3 is 0 Å². The lowest BCUT2D eigenvalue weighted by Gasteiger charge is -2.45. The van der Waals surface area contributed by atoms with Crippen LogP contribution in [0.2, 0.25) is 0 Å². The lowest BCUT2D eigenvalue weighted by molar-refractivity contribution is -0.116. The van der Waals surface area contributed by atoms with Gasteiger partial charge in [-0.25, -0.2) is 0 Å². The molecule has 0 saturated carbocycles. The second-order valence-corrected chi connectivity index (χ2v) is 7.86. The number of ketones is 1. The minimum atomic E-state index is -0.248. The lowest BCUT2D eigenvalue weighted by Crippen LogP contribution is -2.39. The first-order valence-corrected chi connectivity index (χ1v) is 8.47. The Kier molecular flexibility index (Phi) is 3.78. The van der Waals surface area contributed by atoms with E-state index in [-0.39, 0.29) is 22.4 Å². The Labute approximate surface area is 138 Å². The van der Waals surface area contributed by atoms with Gasteiger partial charge in [-0.15, -0.1) is 0 Å². The molecule has 2 aliphatic rings. The number of furan rings is 1. The molecular formula is C20H26O3. The van der Waals surface area contributed by atoms with Crippen molar-refractivity contribution in [3.8, 4) is 0 Å². The molecule has 1 heterocycles. The predicted molar refractivity (Wildman–Crippen MR) is 90.1 cm³/mol. The number of aliphatic hydroxyl groups is 1. The maximum absolute atomic E-state index is 12.7. The van der Waals surface area contributed by atoms with Gasteiger partial charge in [0, 0.05) is 11.0 Å². The van der Waals surface area contributed by atoms with Crippen LogP contribution >= 0.6 is 0 Å². The molecule has 3 rings (SSSR count). The van der Waals surface area contributed by atoms with Crippen LogP contribution in [0.15, 0.2) is 45.5 Å². The Bertz CT molecular complexity index is 688. The predicted octanol–water partition coefficient (Wildman–Crippen LogP) is 5.14. The van der Waals surface area contributed by atoms with Crippen molar-refractivity contribution in [1.29, 1.82) is 0 Å². The minimum absolute atomic E-state index is 0.0339. The maximum Gasteiger partial charge on any atom is 0.223 e. The van der Waals surface area contributed by atoms with E-state index >= 15 is 0 Å². The van der Waals surface area contributed by atoms with Crippen molar-refractivity contribution in [2.45, 2.75) is 59.8 Å². The highest BCUT2D eigenvalue weighted by Gasteiger charge is 2.47. The summed E-state index contributed by atoms with van der Waals surface area (Å²) in [5.41, 5.74) is 3.69. The van der Waals surface area contributed by atoms with Gasteiger partial charge in [0.15, 0.2) is 5.76 Å². The van der Waals surface area contributed by atoms with Gasteiger partial charge in [-0.3, -0.25) is 4.79 Å². The first-order valence-electron chi connectivity index (χ1n) is 8.47. The van der Waals surface area contributed by atoms with E-state index in [1.807, 2.05) is 13.0 Å². The van der Waals surface area contributed by atoms with Crippen LogP contribution in [0, 0.1) is 10.8 Å². The third-order valence-corrected chi connectivity index (χ3v) is 5.99. The summed E-state index contributed by atoms with van der Waals surface area (Å²) >= 11 is 0. The van der Waals surface area contributed by atoms with Gasteiger partial charge in [0.2, 0.25) is 5.78 Å². The molecule has 3 heteroatoms. The molecule has 0 aromatic carbocycles. The first kappa shape index (κ1) is 16.1. The average molecular weight is 314 g/mol. The SMILES string of the molecule is CC1=C(O)C(=O)C2=C(CCCC2(C)C)C1(C)CCc1ccoc1. The highest BCUT2D eigenvalue weighted by atomic mass is 16.3. The summed E-state index contributed by atoms with van der Waals surface area (Å²) < 4.78 is 5.16. The molecular weight excluding hydrogens is 288 g/mol. The van der Waals surface area contributed by atoms with E-state index in [0.717, 1.165) is 48.8 Å². The van der Waals surface area contributed by atoms with Gasteiger partial charge in [-0.2, -0.15) is 0 Å². The quantitative estimate of drug-likeness (QED) is 0.840. The number of aryl methyl sites for hydroxylation is 1. The van der Waals surface area contributed by atoms with Gasteiger partial charge in [0.25, 0.3) is 0 Å². The van der Waals surface area contributed by atoms with Crippen molar-refractivity contribution in [2.24, 2.45) is 10.8 Å². The number of aliphatic hydroxyl groups excluding tert-OH is 1. The van der Waals surface area contributed by atoms with E-state index in [9.17, 15) is 9.90 Å². The second kappa shape index (κ2) is 5.40. The summed E-state index contributed by atoms with van der Waals surface area (Å²) in [5, 5.41) is 10.5. The largest absolute Gasteiger partial charge is 0.504 e. The highest BCUT2D eigenvalue weighted by molar-refractivity contribution is 6.10. The molecule has 0 fully saturated rings. The second-order valence-electron chi connectivity index (χ2n) is 7.86. The molecule has 1 N–H and O–H groups in total. The number of Topliss-reactive ketones (excluding diaryl/α,β-unsaturated/α-hetero) is 1. The Morgan fingerprint density at radius 2 is 2.04 bits per heavy atom. The summed E-state index contributed by atoms with van der Waals surface area (Å²) in [6.45, 7) is 8.35. The van der Waals surface area contributed by atoms with E-state index < -0.39 is 0 Å². The van der Waals surface area contributed by atoms with E-state index in [1.54, 1.807) is 12.5 Å². The van der Waals surface area contributed by atoms with Crippen LogP contribution in [0.25, 0.3) is 0 Å². The molecule has 0 aliphatic heterocycles. The molecule has 1 unspecified atom stereocenters. The van der Waals surface area contributed by atoms with Crippen LogP contribution in [0.4, 0.5) is 0 Å². The van der Waals surface area contributed by atoms with Crippen LogP contribution in [0.1, 0.15) is 58.9 Å². The van der Waals surface area contributed by atoms with Crippen LogP contribution in [-0.2, 0) is 11.2 Å². The molecule has 0 spiro atoms. The number of hydrogen-bond acceptors (Lipinski definition) is 3. The van der Waals surface area contributed by atoms with Crippen LogP contribution < -0.4 is 0 Å². The summed E-state index contributed by atoms with van der Waals surface area (Å²) in [7, 11) is 0. The molecule has 1 aromatic heterocycles. The zero-order chi connectivity index (χ0) is 16.8. The Morgan fingerprint density at radius 3 is 2.70 bits per heavy atom. The molecule has 0 saturated heterocycles. The molecule has 0 amide bonds. The van der Waals surface area contributed by atoms with Crippen LogP contribution in [0.5, 0.6) is 0 Å². The Morgan fingerprint density at radius 1 is 1.30 bits per heavy atom. The average Bonchev–Trinajstić information content (AvgIpc) is 3.01. The van der Waals surface area contributed by atoms with E-state index in [2.05, 4.69) is 20.8 Å². The number of allylic oxidation sites excluding steroid dienone is 3. The highest BCUT2D eigenvalue weighted by Crippen LogP contribution is 2.54. The number of carbonyl (C=O) groups is 1. The molecule has 1 aromatic rings. The molecule has 1 atom stereocenters. The molecule has 124 valence electrons. The van der Waals surface area contributed by atoms with Crippen molar-refractivity contribution < 1.29 is 14.3 Å². The fraction of sp³-hybridized carbons (Fsp3) is 0.550. The van der Waals surface area contributed by atoms with Crippen molar-refractivity contribution in [3.05, 3.63) is 46.6 Å². The molecule has 0 radical (unpaired) electrons. The number of hydrogen-bond donors (Lipinski definition) is 1. The van der Waals surface area contributed by atoms with Gasteiger partial charge in [0.05, 0.1) is 12.5 Å². The van der Waals surface area contributed by atoms with Gasteiger partial charge in [0.1, 0.15) is 0 Å². The van der Waals surface area contributed by atoms with Crippen molar-refractivity contribution >= 4 is 5.78 Å². The standard InChI is InChI=1S/C20H26O3/c1-13-17(21)18(22)16-15(6-5-9-19(16,2)3)20(13,4)10-7-14-8-11-23-12-14/h8,11-12,21H,5-7,9-10H2,1-4H3. The number of rotatable bonds is 3. The molecule has 2 aliphatic carbocycles. The number of carbonyl (C=O) groups excluding carboxylic acids is 1. The first-order chi connectivity index (χ1) is 10.8. The summed E-state index contributed by atoms with van der Waals surface area (Å²) in [4.78, 5) is 12.7. The third kappa shape index (κ3) is 2.46. The Balaban J connectivity index is 2.05. The summed E-state index contributed by atoms with van der Waals surface area (Å²) in [6.07, 6.45) is 8.29. The zero-order valence-corrected chi connectivity index (χ0v) is 14.5. The monoisotopic (exact) mass is 314 g/mol. The van der Waals surface area contributed by atoms with Crippen molar-refractivity contribution in [1.82, 2.24) is 0 Å². The van der Waals surface area contributed by atoms with Gasteiger partial charge in [-0.05, 0) is 61.6 Å². The summed E-state index contributed by atoms with van der Waals surface area (Å²) in [6, 6.07) is 1.98. The lowest BCUT2D eigenvalue weighted by atomic mass is 9.58. The van der Waals surface area contributed by atoms with E-state index in [0.29, 0.717) is 0 Å².